The predicted octanol–water partition coefficient (Wildman–Crippen LogP) is 3.82. The fraction of sp³-hybridized carbons (Fsp3) is 0.381. The highest BCUT2D eigenvalue weighted by Gasteiger charge is 2.16. The Labute approximate surface area is 145 Å². The quantitative estimate of drug-likeness (QED) is 0.760. The Morgan fingerprint density at radius 2 is 1.67 bits per heavy atom. The van der Waals surface area contributed by atoms with Crippen molar-refractivity contribution in [2.75, 3.05) is 20.1 Å². The predicted molar refractivity (Wildman–Crippen MR) is 99.9 cm³/mol. The van der Waals surface area contributed by atoms with Crippen LogP contribution in [0, 0.1) is 0 Å². The molecular formula is C21H28N2O. The van der Waals surface area contributed by atoms with Gasteiger partial charge in [-0.1, -0.05) is 74.0 Å². The molecule has 0 saturated heterocycles. The summed E-state index contributed by atoms with van der Waals surface area (Å²) >= 11 is 0. The molecule has 2 rings (SSSR count). The minimum Gasteiger partial charge on any atom is -0.348 e. The van der Waals surface area contributed by atoms with Crippen LogP contribution in [0.1, 0.15) is 36.9 Å². The third-order valence-electron chi connectivity index (χ3n) is 4.13. The van der Waals surface area contributed by atoms with Gasteiger partial charge >= 0.3 is 0 Å². The molecule has 128 valence electrons. The number of nitrogens with zero attached hydrogens (tertiary/aromatic N) is 1. The van der Waals surface area contributed by atoms with E-state index >= 15 is 0 Å². The van der Waals surface area contributed by atoms with Crippen LogP contribution in [0.15, 0.2) is 60.7 Å². The van der Waals surface area contributed by atoms with E-state index < -0.39 is 0 Å². The number of carbonyl (C=O) groups is 1. The zero-order chi connectivity index (χ0) is 17.2. The maximum atomic E-state index is 12.4. The lowest BCUT2D eigenvalue weighted by Crippen LogP contribution is -2.38. The summed E-state index contributed by atoms with van der Waals surface area (Å²) < 4.78 is 0. The van der Waals surface area contributed by atoms with Gasteiger partial charge < -0.3 is 5.32 Å². The summed E-state index contributed by atoms with van der Waals surface area (Å²) in [5.41, 5.74) is 2.37. The van der Waals surface area contributed by atoms with Crippen molar-refractivity contribution in [1.29, 1.82) is 0 Å². The third-order valence-corrected chi connectivity index (χ3v) is 4.13. The Hall–Kier alpha value is -2.13. The van der Waals surface area contributed by atoms with Crippen LogP contribution in [0.3, 0.4) is 0 Å². The number of benzene rings is 2. The van der Waals surface area contributed by atoms with E-state index in [-0.39, 0.29) is 11.9 Å². The fourth-order valence-corrected chi connectivity index (χ4v) is 2.78. The highest BCUT2D eigenvalue weighted by Crippen LogP contribution is 2.18. The van der Waals surface area contributed by atoms with E-state index in [1.807, 2.05) is 43.4 Å². The van der Waals surface area contributed by atoms with Gasteiger partial charge in [-0.3, -0.25) is 9.69 Å². The SMILES string of the molecule is CCCCN(C)CC(=O)NC(Cc1ccccc1)c1ccccc1. The normalized spacial score (nSPS) is 12.1. The lowest BCUT2D eigenvalue weighted by Gasteiger charge is -2.22. The Morgan fingerprint density at radius 3 is 2.29 bits per heavy atom. The first-order valence-electron chi connectivity index (χ1n) is 8.75. The molecule has 2 aromatic carbocycles. The maximum absolute atomic E-state index is 12.4. The molecule has 1 N–H and O–H groups in total. The summed E-state index contributed by atoms with van der Waals surface area (Å²) in [5.74, 6) is 0.0818. The van der Waals surface area contributed by atoms with Gasteiger partial charge in [0.15, 0.2) is 0 Å². The average molecular weight is 324 g/mol. The number of rotatable bonds is 9. The summed E-state index contributed by atoms with van der Waals surface area (Å²) in [7, 11) is 2.00. The van der Waals surface area contributed by atoms with E-state index in [0.717, 1.165) is 31.4 Å². The van der Waals surface area contributed by atoms with Crippen LogP contribution in [0.5, 0.6) is 0 Å². The number of unbranched alkanes of at least 4 members (excludes halogenated alkanes) is 1. The molecule has 1 atom stereocenters. The molecule has 0 fully saturated rings. The largest absolute Gasteiger partial charge is 0.348 e. The van der Waals surface area contributed by atoms with Crippen molar-refractivity contribution in [2.45, 2.75) is 32.2 Å². The van der Waals surface area contributed by atoms with Gasteiger partial charge in [0.2, 0.25) is 5.91 Å². The number of carbonyl (C=O) groups excluding carboxylic acids is 1. The molecule has 0 saturated carbocycles. The number of nitrogens with one attached hydrogen (secondary N) is 1. The van der Waals surface area contributed by atoms with Crippen molar-refractivity contribution in [3.05, 3.63) is 71.8 Å². The first kappa shape index (κ1) is 18.2. The molecule has 0 aliphatic heterocycles. The molecule has 24 heavy (non-hydrogen) atoms. The minimum absolute atomic E-state index is 0.000625. The molecule has 0 aliphatic rings. The van der Waals surface area contributed by atoms with E-state index in [1.54, 1.807) is 0 Å². The first-order chi connectivity index (χ1) is 11.7. The van der Waals surface area contributed by atoms with Crippen molar-refractivity contribution in [3.63, 3.8) is 0 Å². The summed E-state index contributed by atoms with van der Waals surface area (Å²) in [6, 6.07) is 20.5. The molecule has 0 heterocycles. The van der Waals surface area contributed by atoms with Crippen LogP contribution in [0.4, 0.5) is 0 Å². The second kappa shape index (κ2) is 9.89. The Bertz CT molecular complexity index is 598. The van der Waals surface area contributed by atoms with E-state index in [1.165, 1.54) is 5.56 Å². The molecule has 3 heteroatoms. The number of likely N-dealkylation sites (N-methyl/N-ethyl adjacent to an activating group) is 1. The number of amides is 1. The topological polar surface area (TPSA) is 32.3 Å². The van der Waals surface area contributed by atoms with Gasteiger partial charge in [-0.25, -0.2) is 0 Å². The van der Waals surface area contributed by atoms with Crippen molar-refractivity contribution in [2.24, 2.45) is 0 Å². The highest BCUT2D eigenvalue weighted by molar-refractivity contribution is 5.78. The van der Waals surface area contributed by atoms with Gasteiger partial charge in [0.05, 0.1) is 12.6 Å². The molecule has 0 bridgehead atoms. The molecule has 2 aromatic rings. The lowest BCUT2D eigenvalue weighted by atomic mass is 9.99. The molecule has 1 amide bonds. The van der Waals surface area contributed by atoms with E-state index in [2.05, 4.69) is 41.4 Å². The summed E-state index contributed by atoms with van der Waals surface area (Å²) in [4.78, 5) is 14.5. The summed E-state index contributed by atoms with van der Waals surface area (Å²) in [6.45, 7) is 3.57. The molecule has 0 aliphatic carbocycles. The van der Waals surface area contributed by atoms with Crippen LogP contribution in [-0.2, 0) is 11.2 Å². The first-order valence-corrected chi connectivity index (χ1v) is 8.75. The zero-order valence-electron chi connectivity index (χ0n) is 14.7. The molecular weight excluding hydrogens is 296 g/mol. The van der Waals surface area contributed by atoms with Crippen LogP contribution in [-0.4, -0.2) is 30.9 Å². The van der Waals surface area contributed by atoms with Crippen molar-refractivity contribution >= 4 is 5.91 Å². The van der Waals surface area contributed by atoms with Crippen molar-refractivity contribution < 1.29 is 4.79 Å². The summed E-state index contributed by atoms with van der Waals surface area (Å²) in [5, 5.41) is 3.21. The fourth-order valence-electron chi connectivity index (χ4n) is 2.78. The van der Waals surface area contributed by atoms with E-state index in [9.17, 15) is 4.79 Å². The third kappa shape index (κ3) is 6.17. The lowest BCUT2D eigenvalue weighted by molar-refractivity contribution is -0.122. The second-order valence-corrected chi connectivity index (χ2v) is 6.31. The van der Waals surface area contributed by atoms with Crippen LogP contribution < -0.4 is 5.32 Å². The zero-order valence-corrected chi connectivity index (χ0v) is 14.7. The number of hydrogen-bond acceptors (Lipinski definition) is 2. The van der Waals surface area contributed by atoms with Crippen LogP contribution in [0.25, 0.3) is 0 Å². The summed E-state index contributed by atoms with van der Waals surface area (Å²) in [6.07, 6.45) is 3.07. The van der Waals surface area contributed by atoms with Gasteiger partial charge in [-0.15, -0.1) is 0 Å². The van der Waals surface area contributed by atoms with Crippen molar-refractivity contribution in [3.8, 4) is 0 Å². The van der Waals surface area contributed by atoms with Crippen molar-refractivity contribution in [1.82, 2.24) is 10.2 Å². The van der Waals surface area contributed by atoms with Crippen LogP contribution in [0.2, 0.25) is 0 Å². The molecule has 1 unspecified atom stereocenters. The van der Waals surface area contributed by atoms with Gasteiger partial charge in [0, 0.05) is 0 Å². The maximum Gasteiger partial charge on any atom is 0.234 e. The van der Waals surface area contributed by atoms with Gasteiger partial charge in [0.1, 0.15) is 0 Å². The van der Waals surface area contributed by atoms with Gasteiger partial charge in [0.25, 0.3) is 0 Å². The Balaban J connectivity index is 2.02. The van der Waals surface area contributed by atoms with Crippen LogP contribution >= 0.6 is 0 Å². The molecule has 0 aromatic heterocycles. The van der Waals surface area contributed by atoms with Gasteiger partial charge in [-0.2, -0.15) is 0 Å². The Morgan fingerprint density at radius 1 is 1.04 bits per heavy atom. The standard InChI is InChI=1S/C21H28N2O/c1-3-4-15-23(2)17-21(24)22-20(19-13-9-6-10-14-19)16-18-11-7-5-8-12-18/h5-14,20H,3-4,15-17H2,1-2H3,(H,22,24). The van der Waals surface area contributed by atoms with E-state index in [0.29, 0.717) is 6.54 Å². The second-order valence-electron chi connectivity index (χ2n) is 6.31. The molecule has 0 spiro atoms. The number of hydrogen-bond donors (Lipinski definition) is 1. The monoisotopic (exact) mass is 324 g/mol. The molecule has 0 radical (unpaired) electrons. The average Bonchev–Trinajstić information content (AvgIpc) is 2.61. The highest BCUT2D eigenvalue weighted by atomic mass is 16.2. The van der Waals surface area contributed by atoms with E-state index in [4.69, 9.17) is 0 Å². The van der Waals surface area contributed by atoms with Gasteiger partial charge in [-0.05, 0) is 37.6 Å². The smallest absolute Gasteiger partial charge is 0.234 e. The minimum atomic E-state index is 0.000625. The Kier molecular flexibility index (Phi) is 7.50. The molecule has 3 nitrogen and oxygen atoms in total.